The first-order valence-corrected chi connectivity index (χ1v) is 7.58. The molecule has 0 saturated carbocycles. The molecule has 1 amide bonds. The largest absolute Gasteiger partial charge is 0.349 e. The van der Waals surface area contributed by atoms with Crippen LogP contribution in [-0.2, 0) is 4.79 Å². The van der Waals surface area contributed by atoms with Crippen molar-refractivity contribution in [3.05, 3.63) is 35.9 Å². The Hall–Kier alpha value is -1.35. The number of rotatable bonds is 8. The monoisotopic (exact) mass is 276 g/mol. The van der Waals surface area contributed by atoms with E-state index in [1.54, 1.807) is 0 Å². The van der Waals surface area contributed by atoms with Crippen LogP contribution in [0.4, 0.5) is 0 Å². The number of amides is 1. The molecule has 1 rings (SSSR count). The molecule has 1 atom stereocenters. The topological polar surface area (TPSA) is 41.1 Å². The van der Waals surface area contributed by atoms with E-state index in [1.165, 1.54) is 5.56 Å². The van der Waals surface area contributed by atoms with Crippen molar-refractivity contribution in [1.29, 1.82) is 0 Å². The predicted molar refractivity (Wildman–Crippen MR) is 84.5 cm³/mol. The number of hydrogen-bond acceptors (Lipinski definition) is 2. The van der Waals surface area contributed by atoms with Crippen molar-refractivity contribution in [1.82, 2.24) is 10.6 Å². The van der Waals surface area contributed by atoms with Gasteiger partial charge in [0.15, 0.2) is 0 Å². The van der Waals surface area contributed by atoms with Crippen LogP contribution in [0.15, 0.2) is 30.3 Å². The lowest BCUT2D eigenvalue weighted by Crippen LogP contribution is -2.32. The molecule has 20 heavy (non-hydrogen) atoms. The van der Waals surface area contributed by atoms with Crippen molar-refractivity contribution >= 4 is 5.91 Å². The summed E-state index contributed by atoms with van der Waals surface area (Å²) in [4.78, 5) is 12.0. The smallest absolute Gasteiger partial charge is 0.220 e. The summed E-state index contributed by atoms with van der Waals surface area (Å²) < 4.78 is 0. The fraction of sp³-hybridized carbons (Fsp3) is 0.588. The van der Waals surface area contributed by atoms with Crippen molar-refractivity contribution in [3.63, 3.8) is 0 Å². The van der Waals surface area contributed by atoms with E-state index in [2.05, 4.69) is 50.5 Å². The quantitative estimate of drug-likeness (QED) is 0.715. The Labute approximate surface area is 123 Å². The van der Waals surface area contributed by atoms with Crippen LogP contribution in [-0.4, -0.2) is 18.5 Å². The molecule has 0 radical (unpaired) electrons. The van der Waals surface area contributed by atoms with E-state index < -0.39 is 0 Å². The minimum Gasteiger partial charge on any atom is -0.349 e. The average molecular weight is 276 g/mol. The molecular formula is C17H28N2O. The second kappa shape index (κ2) is 8.75. The van der Waals surface area contributed by atoms with E-state index in [9.17, 15) is 4.79 Å². The lowest BCUT2D eigenvalue weighted by atomic mass is 9.96. The molecule has 1 aromatic rings. The van der Waals surface area contributed by atoms with Gasteiger partial charge in [-0.25, -0.2) is 0 Å². The molecule has 0 saturated heterocycles. The highest BCUT2D eigenvalue weighted by atomic mass is 16.1. The number of hydrogen-bond donors (Lipinski definition) is 2. The van der Waals surface area contributed by atoms with Crippen molar-refractivity contribution in [3.8, 4) is 0 Å². The highest BCUT2D eigenvalue weighted by molar-refractivity contribution is 5.76. The molecule has 112 valence electrons. The molecule has 1 aromatic carbocycles. The van der Waals surface area contributed by atoms with Crippen molar-refractivity contribution < 1.29 is 4.79 Å². The van der Waals surface area contributed by atoms with Gasteiger partial charge < -0.3 is 10.6 Å². The number of nitrogens with one attached hydrogen (secondary N) is 2. The van der Waals surface area contributed by atoms with Crippen LogP contribution in [0.25, 0.3) is 0 Å². The molecule has 0 aliphatic rings. The summed E-state index contributed by atoms with van der Waals surface area (Å²) in [5, 5.41) is 6.48. The van der Waals surface area contributed by atoms with Gasteiger partial charge in [-0.2, -0.15) is 0 Å². The Bertz CT molecular complexity index is 387. The van der Waals surface area contributed by atoms with E-state index in [0.717, 1.165) is 13.0 Å². The van der Waals surface area contributed by atoms with Crippen LogP contribution in [0.1, 0.15) is 52.1 Å². The lowest BCUT2D eigenvalue weighted by Gasteiger charge is -2.23. The Morgan fingerprint density at radius 1 is 1.10 bits per heavy atom. The van der Waals surface area contributed by atoms with E-state index in [-0.39, 0.29) is 11.9 Å². The number of carbonyl (C=O) groups excluding carboxylic acids is 1. The Morgan fingerprint density at radius 3 is 2.30 bits per heavy atom. The zero-order valence-corrected chi connectivity index (χ0v) is 13.1. The third-order valence-electron chi connectivity index (χ3n) is 3.28. The van der Waals surface area contributed by atoms with Crippen LogP contribution in [0, 0.1) is 5.92 Å². The van der Waals surface area contributed by atoms with Gasteiger partial charge in [-0.1, -0.05) is 58.0 Å². The Balaban J connectivity index is 2.44. The molecule has 0 spiro atoms. The van der Waals surface area contributed by atoms with Gasteiger partial charge >= 0.3 is 0 Å². The van der Waals surface area contributed by atoms with Crippen LogP contribution >= 0.6 is 0 Å². The zero-order valence-electron chi connectivity index (χ0n) is 13.1. The van der Waals surface area contributed by atoms with E-state index >= 15 is 0 Å². The first-order valence-electron chi connectivity index (χ1n) is 7.58. The maximum Gasteiger partial charge on any atom is 0.220 e. The minimum absolute atomic E-state index is 0.0988. The third-order valence-corrected chi connectivity index (χ3v) is 3.28. The molecule has 0 heterocycles. The van der Waals surface area contributed by atoms with Crippen LogP contribution in [0.5, 0.6) is 0 Å². The van der Waals surface area contributed by atoms with Crippen molar-refractivity contribution in [2.45, 2.75) is 52.6 Å². The van der Waals surface area contributed by atoms with E-state index in [1.807, 2.05) is 18.2 Å². The third kappa shape index (κ3) is 6.20. The molecular weight excluding hydrogens is 248 g/mol. The summed E-state index contributed by atoms with van der Waals surface area (Å²) in [5.74, 6) is 0.522. The lowest BCUT2D eigenvalue weighted by molar-refractivity contribution is -0.122. The number of benzene rings is 1. The molecule has 2 N–H and O–H groups in total. The summed E-state index contributed by atoms with van der Waals surface area (Å²) in [6.45, 7) is 9.40. The fourth-order valence-corrected chi connectivity index (χ4v) is 2.18. The van der Waals surface area contributed by atoms with Gasteiger partial charge in [0, 0.05) is 12.5 Å². The second-order valence-corrected chi connectivity index (χ2v) is 5.91. The molecule has 0 aliphatic carbocycles. The molecule has 3 nitrogen and oxygen atoms in total. The van der Waals surface area contributed by atoms with Gasteiger partial charge in [0.05, 0.1) is 6.04 Å². The van der Waals surface area contributed by atoms with Gasteiger partial charge in [-0.15, -0.1) is 0 Å². The van der Waals surface area contributed by atoms with Crippen molar-refractivity contribution in [2.75, 3.05) is 6.54 Å². The molecule has 3 heteroatoms. The van der Waals surface area contributed by atoms with Gasteiger partial charge in [-0.3, -0.25) is 4.79 Å². The Kier molecular flexibility index (Phi) is 7.31. The summed E-state index contributed by atoms with van der Waals surface area (Å²) >= 11 is 0. The number of carbonyl (C=O) groups is 1. The highest BCUT2D eigenvalue weighted by Crippen LogP contribution is 2.21. The summed E-state index contributed by atoms with van der Waals surface area (Å²) in [7, 11) is 0. The standard InChI is InChI=1S/C17H28N2O/c1-13(2)17(15-9-6-5-7-10-15)19-16(20)11-8-12-18-14(3)4/h5-7,9-10,13-14,17-18H,8,11-12H2,1-4H3,(H,19,20). The maximum atomic E-state index is 12.0. The highest BCUT2D eigenvalue weighted by Gasteiger charge is 2.17. The summed E-state index contributed by atoms with van der Waals surface area (Å²) in [6.07, 6.45) is 1.46. The Morgan fingerprint density at radius 2 is 1.75 bits per heavy atom. The van der Waals surface area contributed by atoms with Crippen LogP contribution < -0.4 is 10.6 Å². The summed E-state index contributed by atoms with van der Waals surface area (Å²) in [5.41, 5.74) is 1.18. The molecule has 0 aliphatic heterocycles. The van der Waals surface area contributed by atoms with Gasteiger partial charge in [-0.05, 0) is 24.4 Å². The molecule has 0 bridgehead atoms. The SMILES string of the molecule is CC(C)NCCCC(=O)NC(c1ccccc1)C(C)C. The molecule has 0 fully saturated rings. The average Bonchev–Trinajstić information content (AvgIpc) is 2.41. The first-order chi connectivity index (χ1) is 9.50. The zero-order chi connectivity index (χ0) is 15.0. The van der Waals surface area contributed by atoms with Crippen LogP contribution in [0.2, 0.25) is 0 Å². The van der Waals surface area contributed by atoms with Crippen molar-refractivity contribution in [2.24, 2.45) is 5.92 Å². The van der Waals surface area contributed by atoms with Gasteiger partial charge in [0.25, 0.3) is 0 Å². The minimum atomic E-state index is 0.0988. The normalized spacial score (nSPS) is 12.7. The van der Waals surface area contributed by atoms with E-state index in [4.69, 9.17) is 0 Å². The summed E-state index contributed by atoms with van der Waals surface area (Å²) in [6, 6.07) is 10.8. The first kappa shape index (κ1) is 16.7. The maximum absolute atomic E-state index is 12.0. The van der Waals surface area contributed by atoms with E-state index in [0.29, 0.717) is 18.4 Å². The van der Waals surface area contributed by atoms with Gasteiger partial charge in [0.2, 0.25) is 5.91 Å². The molecule has 1 unspecified atom stereocenters. The fourth-order valence-electron chi connectivity index (χ4n) is 2.18. The second-order valence-electron chi connectivity index (χ2n) is 5.91. The van der Waals surface area contributed by atoms with Gasteiger partial charge in [0.1, 0.15) is 0 Å². The molecule has 0 aromatic heterocycles. The van der Waals surface area contributed by atoms with Crippen LogP contribution in [0.3, 0.4) is 0 Å². The predicted octanol–water partition coefficient (Wildman–Crippen LogP) is 3.28.